The standard InChI is InChI=1S/C16H27NO2/c1-4-5-11-19-12-7-10-17-14(2)15-8-6-9-16(13-15)18-3/h6,8-9,13-14,17H,4-5,7,10-12H2,1-3H3. The minimum absolute atomic E-state index is 0.339. The van der Waals surface area contributed by atoms with Crippen molar-refractivity contribution in [3.63, 3.8) is 0 Å². The topological polar surface area (TPSA) is 30.5 Å². The molecule has 1 N–H and O–H groups in total. The summed E-state index contributed by atoms with van der Waals surface area (Å²) in [4.78, 5) is 0. The third-order valence-corrected chi connectivity index (χ3v) is 3.15. The lowest BCUT2D eigenvalue weighted by Crippen LogP contribution is -2.21. The summed E-state index contributed by atoms with van der Waals surface area (Å²) in [6.45, 7) is 7.07. The molecule has 0 saturated heterocycles. The maximum atomic E-state index is 5.54. The molecule has 3 heteroatoms. The second-order valence-corrected chi connectivity index (χ2v) is 4.77. The lowest BCUT2D eigenvalue weighted by molar-refractivity contribution is 0.128. The molecule has 0 aromatic heterocycles. The van der Waals surface area contributed by atoms with Crippen molar-refractivity contribution in [2.45, 2.75) is 39.2 Å². The molecule has 1 unspecified atom stereocenters. The number of methoxy groups -OCH3 is 1. The van der Waals surface area contributed by atoms with Crippen LogP contribution >= 0.6 is 0 Å². The first-order valence-electron chi connectivity index (χ1n) is 7.23. The molecule has 1 rings (SSSR count). The summed E-state index contributed by atoms with van der Waals surface area (Å²) in [5, 5.41) is 3.51. The number of ether oxygens (including phenoxy) is 2. The van der Waals surface area contributed by atoms with E-state index in [0.29, 0.717) is 6.04 Å². The van der Waals surface area contributed by atoms with Crippen LogP contribution < -0.4 is 10.1 Å². The molecular formula is C16H27NO2. The molecule has 1 atom stereocenters. The summed E-state index contributed by atoms with van der Waals surface area (Å²) in [7, 11) is 1.70. The minimum Gasteiger partial charge on any atom is -0.497 e. The molecule has 0 radical (unpaired) electrons. The number of benzene rings is 1. The fourth-order valence-electron chi connectivity index (χ4n) is 1.87. The highest BCUT2D eigenvalue weighted by atomic mass is 16.5. The molecule has 19 heavy (non-hydrogen) atoms. The normalized spacial score (nSPS) is 12.4. The molecule has 0 fully saturated rings. The summed E-state index contributed by atoms with van der Waals surface area (Å²) in [5.41, 5.74) is 1.26. The third-order valence-electron chi connectivity index (χ3n) is 3.15. The lowest BCUT2D eigenvalue weighted by atomic mass is 10.1. The highest BCUT2D eigenvalue weighted by Gasteiger charge is 2.05. The Morgan fingerprint density at radius 1 is 1.21 bits per heavy atom. The molecule has 3 nitrogen and oxygen atoms in total. The van der Waals surface area contributed by atoms with Gasteiger partial charge in [0.25, 0.3) is 0 Å². The number of rotatable bonds is 10. The van der Waals surface area contributed by atoms with Crippen LogP contribution in [-0.2, 0) is 4.74 Å². The van der Waals surface area contributed by atoms with E-state index in [1.807, 2.05) is 12.1 Å². The van der Waals surface area contributed by atoms with Gasteiger partial charge in [0.2, 0.25) is 0 Å². The largest absolute Gasteiger partial charge is 0.497 e. The van der Waals surface area contributed by atoms with Crippen molar-refractivity contribution in [3.05, 3.63) is 29.8 Å². The van der Waals surface area contributed by atoms with Crippen molar-refractivity contribution in [2.75, 3.05) is 26.9 Å². The summed E-state index contributed by atoms with van der Waals surface area (Å²) >= 11 is 0. The maximum Gasteiger partial charge on any atom is 0.119 e. The molecule has 0 aliphatic carbocycles. The molecule has 0 saturated carbocycles. The smallest absolute Gasteiger partial charge is 0.119 e. The zero-order valence-corrected chi connectivity index (χ0v) is 12.4. The van der Waals surface area contributed by atoms with Gasteiger partial charge < -0.3 is 14.8 Å². The molecule has 1 aromatic rings. The van der Waals surface area contributed by atoms with Gasteiger partial charge in [-0.05, 0) is 44.0 Å². The van der Waals surface area contributed by atoms with Gasteiger partial charge in [0.1, 0.15) is 5.75 Å². The van der Waals surface area contributed by atoms with Crippen LogP contribution in [0.1, 0.15) is 44.7 Å². The number of hydrogen-bond acceptors (Lipinski definition) is 3. The van der Waals surface area contributed by atoms with Crippen LogP contribution in [0.5, 0.6) is 5.75 Å². The predicted molar refractivity (Wildman–Crippen MR) is 79.8 cm³/mol. The van der Waals surface area contributed by atoms with E-state index in [-0.39, 0.29) is 0 Å². The Kier molecular flexibility index (Phi) is 8.26. The molecular weight excluding hydrogens is 238 g/mol. The van der Waals surface area contributed by atoms with E-state index in [2.05, 4.69) is 31.3 Å². The van der Waals surface area contributed by atoms with E-state index < -0.39 is 0 Å². The number of nitrogens with one attached hydrogen (secondary N) is 1. The zero-order chi connectivity index (χ0) is 13.9. The van der Waals surface area contributed by atoms with Gasteiger partial charge in [-0.3, -0.25) is 0 Å². The molecule has 0 heterocycles. The molecule has 0 spiro atoms. The average Bonchev–Trinajstić information content (AvgIpc) is 2.46. The van der Waals surface area contributed by atoms with E-state index in [1.54, 1.807) is 7.11 Å². The van der Waals surface area contributed by atoms with Crippen molar-refractivity contribution < 1.29 is 9.47 Å². The van der Waals surface area contributed by atoms with Crippen LogP contribution in [0.15, 0.2) is 24.3 Å². The number of hydrogen-bond donors (Lipinski definition) is 1. The Labute approximate surface area is 117 Å². The van der Waals surface area contributed by atoms with Crippen LogP contribution in [0.25, 0.3) is 0 Å². The Bertz CT molecular complexity index is 341. The Morgan fingerprint density at radius 3 is 2.74 bits per heavy atom. The van der Waals surface area contributed by atoms with Crippen LogP contribution in [-0.4, -0.2) is 26.9 Å². The van der Waals surface area contributed by atoms with Crippen LogP contribution in [0, 0.1) is 0 Å². The number of unbranched alkanes of at least 4 members (excludes halogenated alkanes) is 1. The summed E-state index contributed by atoms with van der Waals surface area (Å²) in [6.07, 6.45) is 3.41. The van der Waals surface area contributed by atoms with Gasteiger partial charge >= 0.3 is 0 Å². The minimum atomic E-state index is 0.339. The van der Waals surface area contributed by atoms with E-state index in [1.165, 1.54) is 12.0 Å². The van der Waals surface area contributed by atoms with E-state index >= 15 is 0 Å². The second kappa shape index (κ2) is 9.82. The fraction of sp³-hybridized carbons (Fsp3) is 0.625. The monoisotopic (exact) mass is 265 g/mol. The van der Waals surface area contributed by atoms with Crippen molar-refractivity contribution >= 4 is 0 Å². The van der Waals surface area contributed by atoms with Gasteiger partial charge in [-0.25, -0.2) is 0 Å². The van der Waals surface area contributed by atoms with E-state index in [0.717, 1.165) is 38.3 Å². The second-order valence-electron chi connectivity index (χ2n) is 4.77. The first-order chi connectivity index (χ1) is 9.27. The zero-order valence-electron chi connectivity index (χ0n) is 12.4. The third kappa shape index (κ3) is 6.60. The average molecular weight is 265 g/mol. The highest BCUT2D eigenvalue weighted by Crippen LogP contribution is 2.18. The summed E-state index contributed by atoms with van der Waals surface area (Å²) in [5.74, 6) is 0.911. The SMILES string of the molecule is CCCCOCCCNC(C)c1cccc(OC)c1. The van der Waals surface area contributed by atoms with Gasteiger partial charge in [-0.15, -0.1) is 0 Å². The van der Waals surface area contributed by atoms with Crippen molar-refractivity contribution in [1.29, 1.82) is 0 Å². The van der Waals surface area contributed by atoms with Crippen LogP contribution in [0.2, 0.25) is 0 Å². The molecule has 108 valence electrons. The Morgan fingerprint density at radius 2 is 2.00 bits per heavy atom. The van der Waals surface area contributed by atoms with Gasteiger partial charge in [-0.1, -0.05) is 25.5 Å². The molecule has 0 amide bonds. The van der Waals surface area contributed by atoms with Crippen LogP contribution in [0.4, 0.5) is 0 Å². The van der Waals surface area contributed by atoms with Gasteiger partial charge in [0.15, 0.2) is 0 Å². The Hall–Kier alpha value is -1.06. The van der Waals surface area contributed by atoms with Crippen molar-refractivity contribution in [2.24, 2.45) is 0 Å². The first-order valence-corrected chi connectivity index (χ1v) is 7.23. The summed E-state index contributed by atoms with van der Waals surface area (Å²) in [6, 6.07) is 8.54. The first kappa shape index (κ1) is 16.0. The fourth-order valence-corrected chi connectivity index (χ4v) is 1.87. The highest BCUT2D eigenvalue weighted by molar-refractivity contribution is 5.30. The van der Waals surface area contributed by atoms with Crippen LogP contribution in [0.3, 0.4) is 0 Å². The Balaban J connectivity index is 2.18. The van der Waals surface area contributed by atoms with Gasteiger partial charge in [0.05, 0.1) is 7.11 Å². The molecule has 0 aliphatic heterocycles. The maximum absolute atomic E-state index is 5.54. The molecule has 0 bridgehead atoms. The van der Waals surface area contributed by atoms with Crippen molar-refractivity contribution in [3.8, 4) is 5.75 Å². The van der Waals surface area contributed by atoms with Gasteiger partial charge in [-0.2, -0.15) is 0 Å². The molecule has 0 aliphatic rings. The van der Waals surface area contributed by atoms with Crippen molar-refractivity contribution in [1.82, 2.24) is 5.32 Å². The van der Waals surface area contributed by atoms with E-state index in [9.17, 15) is 0 Å². The molecule has 1 aromatic carbocycles. The van der Waals surface area contributed by atoms with E-state index in [4.69, 9.17) is 9.47 Å². The lowest BCUT2D eigenvalue weighted by Gasteiger charge is -2.15. The quantitative estimate of drug-likeness (QED) is 0.656. The summed E-state index contributed by atoms with van der Waals surface area (Å²) < 4.78 is 10.8. The predicted octanol–water partition coefficient (Wildman–Crippen LogP) is 3.55. The van der Waals surface area contributed by atoms with Gasteiger partial charge in [0, 0.05) is 19.3 Å².